The molecule has 2 nitrogen and oxygen atoms in total. The average Bonchev–Trinajstić information content (AvgIpc) is 2.56. The first kappa shape index (κ1) is 18.2. The number of hydrogen-bond donors (Lipinski definition) is 1. The minimum absolute atomic E-state index is 0.0733. The molecule has 0 unspecified atom stereocenters. The van der Waals surface area contributed by atoms with Gasteiger partial charge in [-0.2, -0.15) is 8.78 Å². The summed E-state index contributed by atoms with van der Waals surface area (Å²) in [6.45, 7) is 5.78. The van der Waals surface area contributed by atoms with E-state index in [-0.39, 0.29) is 17.1 Å². The summed E-state index contributed by atoms with van der Waals surface area (Å²) >= 11 is 0. The fourth-order valence-corrected chi connectivity index (χ4v) is 2.69. The van der Waals surface area contributed by atoms with Crippen LogP contribution in [0.4, 0.5) is 8.78 Å². The third-order valence-electron chi connectivity index (χ3n) is 4.08. The highest BCUT2D eigenvalue weighted by atomic mass is 19.3. The Morgan fingerprint density at radius 1 is 0.958 bits per heavy atom. The smallest absolute Gasteiger partial charge is 0.426 e. The van der Waals surface area contributed by atoms with E-state index in [1.54, 1.807) is 12.1 Å². The standard InChI is InChI=1S/C20H24F2O2/c1-4-7-14-8-10-17(11-9-14)20(21,22)24-18-12-15(5-2)19(23)16(6-3)13-18/h8-13,23H,4-7H2,1-3H3. The van der Waals surface area contributed by atoms with E-state index < -0.39 is 6.11 Å². The van der Waals surface area contributed by atoms with Gasteiger partial charge in [-0.1, -0.05) is 39.3 Å². The molecule has 0 radical (unpaired) electrons. The Balaban J connectivity index is 2.28. The number of ether oxygens (including phenoxy) is 1. The molecule has 2 aromatic rings. The molecule has 0 bridgehead atoms. The van der Waals surface area contributed by atoms with Crippen LogP contribution in [0, 0.1) is 0 Å². The number of alkyl halides is 2. The van der Waals surface area contributed by atoms with Crippen LogP contribution >= 0.6 is 0 Å². The Hall–Kier alpha value is -2.10. The van der Waals surface area contributed by atoms with Crippen LogP contribution in [-0.4, -0.2) is 5.11 Å². The second-order valence-electron chi connectivity index (χ2n) is 5.86. The van der Waals surface area contributed by atoms with Crippen molar-refractivity contribution in [2.75, 3.05) is 0 Å². The molecule has 4 heteroatoms. The SMILES string of the molecule is CCCc1ccc(C(F)(F)Oc2cc(CC)c(O)c(CC)c2)cc1. The Morgan fingerprint density at radius 3 is 1.96 bits per heavy atom. The third-order valence-corrected chi connectivity index (χ3v) is 4.08. The molecule has 0 fully saturated rings. The minimum Gasteiger partial charge on any atom is -0.507 e. The summed E-state index contributed by atoms with van der Waals surface area (Å²) in [5.74, 6) is 0.240. The van der Waals surface area contributed by atoms with Crippen LogP contribution < -0.4 is 4.74 Å². The van der Waals surface area contributed by atoms with Gasteiger partial charge < -0.3 is 9.84 Å². The van der Waals surface area contributed by atoms with E-state index >= 15 is 0 Å². The molecule has 0 atom stereocenters. The van der Waals surface area contributed by atoms with Gasteiger partial charge in [0.25, 0.3) is 0 Å². The number of aryl methyl sites for hydroxylation is 3. The van der Waals surface area contributed by atoms with Crippen molar-refractivity contribution in [1.82, 2.24) is 0 Å². The lowest BCUT2D eigenvalue weighted by atomic mass is 10.0. The molecule has 0 saturated carbocycles. The summed E-state index contributed by atoms with van der Waals surface area (Å²) in [7, 11) is 0. The van der Waals surface area contributed by atoms with E-state index in [1.165, 1.54) is 24.3 Å². The molecule has 24 heavy (non-hydrogen) atoms. The molecule has 2 rings (SSSR count). The minimum atomic E-state index is -3.42. The molecule has 0 aliphatic rings. The maximum atomic E-state index is 14.4. The molecule has 0 saturated heterocycles. The lowest BCUT2D eigenvalue weighted by Crippen LogP contribution is -2.22. The second kappa shape index (κ2) is 7.65. The number of halogens is 2. The van der Waals surface area contributed by atoms with Gasteiger partial charge in [0.05, 0.1) is 5.56 Å². The quantitative estimate of drug-likeness (QED) is 0.714. The predicted octanol–water partition coefficient (Wildman–Crippen LogP) is 5.60. The Labute approximate surface area is 142 Å². The molecule has 0 aliphatic heterocycles. The zero-order chi connectivity index (χ0) is 17.7. The lowest BCUT2D eigenvalue weighted by molar-refractivity contribution is -0.185. The van der Waals surface area contributed by atoms with Crippen LogP contribution in [0.25, 0.3) is 0 Å². The maximum Gasteiger partial charge on any atom is 0.426 e. The number of aromatic hydroxyl groups is 1. The van der Waals surface area contributed by atoms with Gasteiger partial charge in [0.15, 0.2) is 0 Å². The maximum absolute atomic E-state index is 14.4. The van der Waals surface area contributed by atoms with E-state index in [9.17, 15) is 13.9 Å². The monoisotopic (exact) mass is 334 g/mol. The second-order valence-corrected chi connectivity index (χ2v) is 5.86. The van der Waals surface area contributed by atoms with Crippen molar-refractivity contribution in [2.45, 2.75) is 52.6 Å². The van der Waals surface area contributed by atoms with Crippen molar-refractivity contribution >= 4 is 0 Å². The topological polar surface area (TPSA) is 29.5 Å². The normalized spacial score (nSPS) is 11.5. The molecule has 0 amide bonds. The van der Waals surface area contributed by atoms with Crippen molar-refractivity contribution in [2.24, 2.45) is 0 Å². The number of rotatable bonds is 7. The largest absolute Gasteiger partial charge is 0.507 e. The highest BCUT2D eigenvalue weighted by molar-refractivity contribution is 5.46. The number of hydrogen-bond acceptors (Lipinski definition) is 2. The predicted molar refractivity (Wildman–Crippen MR) is 91.8 cm³/mol. The lowest BCUT2D eigenvalue weighted by Gasteiger charge is -2.20. The molecular formula is C20H24F2O2. The summed E-state index contributed by atoms with van der Waals surface area (Å²) in [5.41, 5.74) is 2.08. The molecule has 0 aromatic heterocycles. The zero-order valence-electron chi connectivity index (χ0n) is 14.4. The highest BCUT2D eigenvalue weighted by Crippen LogP contribution is 2.35. The van der Waals surface area contributed by atoms with Gasteiger partial charge in [-0.3, -0.25) is 0 Å². The zero-order valence-corrected chi connectivity index (χ0v) is 14.4. The van der Waals surface area contributed by atoms with Gasteiger partial charge in [-0.05, 0) is 60.2 Å². The number of benzene rings is 2. The molecule has 0 heterocycles. The molecule has 1 N–H and O–H groups in total. The van der Waals surface area contributed by atoms with Crippen LogP contribution in [0.1, 0.15) is 49.4 Å². The first-order valence-corrected chi connectivity index (χ1v) is 8.42. The molecule has 2 aromatic carbocycles. The Bertz CT molecular complexity index is 654. The van der Waals surface area contributed by atoms with E-state index in [2.05, 4.69) is 0 Å². The highest BCUT2D eigenvalue weighted by Gasteiger charge is 2.34. The van der Waals surface area contributed by atoms with Crippen LogP contribution in [0.3, 0.4) is 0 Å². The number of phenolic OH excluding ortho intramolecular Hbond substituents is 1. The third kappa shape index (κ3) is 4.05. The van der Waals surface area contributed by atoms with Gasteiger partial charge in [-0.25, -0.2) is 0 Å². The van der Waals surface area contributed by atoms with Crippen LogP contribution in [0.5, 0.6) is 11.5 Å². The summed E-state index contributed by atoms with van der Waals surface area (Å²) in [5, 5.41) is 10.1. The van der Waals surface area contributed by atoms with E-state index in [4.69, 9.17) is 4.74 Å². The van der Waals surface area contributed by atoms with Gasteiger partial charge in [0.2, 0.25) is 0 Å². The number of phenols is 1. The Kier molecular flexibility index (Phi) is 5.81. The van der Waals surface area contributed by atoms with Gasteiger partial charge in [0.1, 0.15) is 11.5 Å². The summed E-state index contributed by atoms with van der Waals surface area (Å²) < 4.78 is 33.9. The van der Waals surface area contributed by atoms with Gasteiger partial charge in [0, 0.05) is 0 Å². The van der Waals surface area contributed by atoms with E-state index in [0.29, 0.717) is 24.0 Å². The van der Waals surface area contributed by atoms with Crippen molar-refractivity contribution in [3.8, 4) is 11.5 Å². The first-order chi connectivity index (χ1) is 11.4. The van der Waals surface area contributed by atoms with E-state index in [1.807, 2.05) is 20.8 Å². The first-order valence-electron chi connectivity index (χ1n) is 8.42. The average molecular weight is 334 g/mol. The van der Waals surface area contributed by atoms with Crippen LogP contribution in [-0.2, 0) is 25.4 Å². The molecule has 0 aliphatic carbocycles. The molecule has 0 spiro atoms. The summed E-state index contributed by atoms with van der Waals surface area (Å²) in [4.78, 5) is 0. The van der Waals surface area contributed by atoms with Crippen molar-refractivity contribution in [3.05, 3.63) is 58.7 Å². The van der Waals surface area contributed by atoms with Gasteiger partial charge >= 0.3 is 6.11 Å². The Morgan fingerprint density at radius 2 is 1.50 bits per heavy atom. The van der Waals surface area contributed by atoms with Crippen LogP contribution in [0.15, 0.2) is 36.4 Å². The summed E-state index contributed by atoms with van der Waals surface area (Å²) in [6.07, 6.45) is -0.484. The van der Waals surface area contributed by atoms with Gasteiger partial charge in [-0.15, -0.1) is 0 Å². The summed E-state index contributed by atoms with van der Waals surface area (Å²) in [6, 6.07) is 9.20. The molecular weight excluding hydrogens is 310 g/mol. The molecule has 130 valence electrons. The van der Waals surface area contributed by atoms with Crippen molar-refractivity contribution < 1.29 is 18.6 Å². The van der Waals surface area contributed by atoms with Crippen molar-refractivity contribution in [3.63, 3.8) is 0 Å². The van der Waals surface area contributed by atoms with E-state index in [0.717, 1.165) is 18.4 Å². The van der Waals surface area contributed by atoms with Crippen LogP contribution in [0.2, 0.25) is 0 Å². The van der Waals surface area contributed by atoms with Crippen molar-refractivity contribution in [1.29, 1.82) is 0 Å². The fraction of sp³-hybridized carbons (Fsp3) is 0.400. The fourth-order valence-electron chi connectivity index (χ4n) is 2.69.